The normalized spacial score (nSPS) is 15.3. The van der Waals surface area contributed by atoms with Gasteiger partial charge in [-0.2, -0.15) is 15.0 Å². The van der Waals surface area contributed by atoms with Gasteiger partial charge < -0.3 is 10.2 Å². The van der Waals surface area contributed by atoms with Gasteiger partial charge in [0.05, 0.1) is 0 Å². The molecule has 1 aliphatic heterocycles. The molecule has 5 nitrogen and oxygen atoms in total. The number of anilines is 2. The van der Waals surface area contributed by atoms with E-state index in [1.807, 2.05) is 0 Å². The number of hydrogen-bond donors (Lipinski definition) is 1. The molecule has 0 spiro atoms. The van der Waals surface area contributed by atoms with Crippen molar-refractivity contribution in [2.45, 2.75) is 38.8 Å². The van der Waals surface area contributed by atoms with E-state index in [1.165, 1.54) is 12.8 Å². The molecule has 6 heteroatoms. The number of nitrogens with one attached hydrogen (secondary N) is 1. The zero-order valence-corrected chi connectivity index (χ0v) is 12.8. The molecule has 1 aromatic rings. The highest BCUT2D eigenvalue weighted by molar-refractivity contribution is 7.99. The van der Waals surface area contributed by atoms with Gasteiger partial charge in [-0.05, 0) is 25.7 Å². The van der Waals surface area contributed by atoms with Gasteiger partial charge in [0.2, 0.25) is 11.9 Å². The molecule has 1 aromatic heterocycles. The number of thioether (sulfide) groups is 1. The molecule has 0 saturated carbocycles. The molecule has 0 unspecified atom stereocenters. The topological polar surface area (TPSA) is 53.9 Å². The second-order valence-corrected chi connectivity index (χ2v) is 6.16. The van der Waals surface area contributed by atoms with Crippen LogP contribution in [0.5, 0.6) is 0 Å². The van der Waals surface area contributed by atoms with Crippen LogP contribution in [0.25, 0.3) is 0 Å². The zero-order valence-electron chi connectivity index (χ0n) is 12.0. The van der Waals surface area contributed by atoms with Crippen LogP contribution in [0.2, 0.25) is 0 Å². The Balaban J connectivity index is 2.16. The third-order valence-electron chi connectivity index (χ3n) is 2.87. The van der Waals surface area contributed by atoms with Crippen molar-refractivity contribution in [3.63, 3.8) is 0 Å². The summed E-state index contributed by atoms with van der Waals surface area (Å²) in [7, 11) is 0. The molecule has 1 aliphatic rings. The maximum atomic E-state index is 4.60. The lowest BCUT2D eigenvalue weighted by atomic mass is 10.3. The second kappa shape index (κ2) is 6.93. The minimum Gasteiger partial charge on any atom is -0.354 e. The number of nitrogens with zero attached hydrogens (tertiary/aromatic N) is 4. The highest BCUT2D eigenvalue weighted by Gasteiger charge is 2.17. The Kier molecular flexibility index (Phi) is 5.24. The van der Waals surface area contributed by atoms with E-state index in [1.54, 1.807) is 11.8 Å². The average molecular weight is 281 g/mol. The Labute approximate surface area is 119 Å². The molecule has 0 aliphatic carbocycles. The van der Waals surface area contributed by atoms with Gasteiger partial charge in [0.1, 0.15) is 0 Å². The molecule has 2 heterocycles. The molecule has 0 radical (unpaired) electrons. The first-order valence-corrected chi connectivity index (χ1v) is 8.05. The molecule has 0 atom stereocenters. The highest BCUT2D eigenvalue weighted by Crippen LogP contribution is 2.22. The molecule has 1 N–H and O–H groups in total. The first-order chi connectivity index (χ1) is 9.19. The molecular weight excluding hydrogens is 258 g/mol. The summed E-state index contributed by atoms with van der Waals surface area (Å²) in [4.78, 5) is 15.8. The molecule has 0 amide bonds. The van der Waals surface area contributed by atoms with Crippen molar-refractivity contribution in [2.75, 3.05) is 35.6 Å². The molecule has 0 aromatic carbocycles. The molecule has 106 valence electrons. The zero-order chi connectivity index (χ0) is 13.7. The van der Waals surface area contributed by atoms with Crippen LogP contribution in [0, 0.1) is 5.92 Å². The maximum absolute atomic E-state index is 4.60. The number of hydrogen-bond acceptors (Lipinski definition) is 6. The summed E-state index contributed by atoms with van der Waals surface area (Å²) >= 11 is 1.71. The van der Waals surface area contributed by atoms with Crippen LogP contribution >= 0.6 is 11.8 Å². The van der Waals surface area contributed by atoms with Gasteiger partial charge in [-0.15, -0.1) is 0 Å². The van der Waals surface area contributed by atoms with Gasteiger partial charge >= 0.3 is 0 Å². The smallest absolute Gasteiger partial charge is 0.231 e. The lowest BCUT2D eigenvalue weighted by Crippen LogP contribution is -2.22. The fourth-order valence-electron chi connectivity index (χ4n) is 1.95. The largest absolute Gasteiger partial charge is 0.354 e. The Hall–Kier alpha value is -1.04. The van der Waals surface area contributed by atoms with E-state index < -0.39 is 0 Å². The van der Waals surface area contributed by atoms with Crippen LogP contribution in [-0.4, -0.2) is 40.3 Å². The van der Waals surface area contributed by atoms with Crippen molar-refractivity contribution in [1.29, 1.82) is 0 Å². The molecule has 19 heavy (non-hydrogen) atoms. The Morgan fingerprint density at radius 1 is 1.21 bits per heavy atom. The average Bonchev–Trinajstić information content (AvgIpc) is 2.90. The van der Waals surface area contributed by atoms with E-state index in [0.717, 1.165) is 36.5 Å². The fraction of sp³-hybridized carbons (Fsp3) is 0.769. The van der Waals surface area contributed by atoms with Gasteiger partial charge in [-0.25, -0.2) is 0 Å². The highest BCUT2D eigenvalue weighted by atomic mass is 32.2. The predicted molar refractivity (Wildman–Crippen MR) is 81.0 cm³/mol. The van der Waals surface area contributed by atoms with Crippen LogP contribution in [0.4, 0.5) is 11.9 Å². The van der Waals surface area contributed by atoms with Crippen LogP contribution in [0.3, 0.4) is 0 Å². The molecule has 1 saturated heterocycles. The molecule has 2 rings (SSSR count). The summed E-state index contributed by atoms with van der Waals surface area (Å²) in [5.74, 6) is 3.20. The van der Waals surface area contributed by atoms with Crippen molar-refractivity contribution < 1.29 is 0 Å². The van der Waals surface area contributed by atoms with Gasteiger partial charge in [-0.1, -0.05) is 25.6 Å². The lowest BCUT2D eigenvalue weighted by Gasteiger charge is -2.16. The second-order valence-electron chi connectivity index (χ2n) is 5.17. The van der Waals surface area contributed by atoms with Crippen molar-refractivity contribution in [3.05, 3.63) is 0 Å². The first kappa shape index (κ1) is 14.4. The summed E-state index contributed by atoms with van der Waals surface area (Å²) in [6.07, 6.45) is 2.47. The van der Waals surface area contributed by atoms with Crippen LogP contribution in [0.15, 0.2) is 5.16 Å². The van der Waals surface area contributed by atoms with E-state index in [9.17, 15) is 0 Å². The lowest BCUT2D eigenvalue weighted by molar-refractivity contribution is 0.746. The van der Waals surface area contributed by atoms with Crippen molar-refractivity contribution in [1.82, 2.24) is 15.0 Å². The summed E-state index contributed by atoms with van der Waals surface area (Å²) in [6.45, 7) is 9.42. The molecular formula is C13H23N5S. The third-order valence-corrected chi connectivity index (χ3v) is 4.15. The monoisotopic (exact) mass is 281 g/mol. The van der Waals surface area contributed by atoms with Crippen molar-refractivity contribution in [2.24, 2.45) is 5.92 Å². The first-order valence-electron chi connectivity index (χ1n) is 7.06. The van der Waals surface area contributed by atoms with E-state index in [4.69, 9.17) is 0 Å². The van der Waals surface area contributed by atoms with Gasteiger partial charge in [-0.3, -0.25) is 0 Å². The summed E-state index contributed by atoms with van der Waals surface area (Å²) < 4.78 is 0. The van der Waals surface area contributed by atoms with Gasteiger partial charge in [0.15, 0.2) is 5.16 Å². The molecule has 0 bridgehead atoms. The Bertz CT molecular complexity index is 404. The van der Waals surface area contributed by atoms with Crippen molar-refractivity contribution in [3.8, 4) is 0 Å². The standard InChI is InChI=1S/C13H23N5S/c1-4-14-11-15-12(18-7-5-6-8-18)17-13(16-11)19-9-10(2)3/h10H,4-9H2,1-3H3,(H,14,15,16,17). The third kappa shape index (κ3) is 4.23. The summed E-state index contributed by atoms with van der Waals surface area (Å²) in [5, 5.41) is 4.03. The van der Waals surface area contributed by atoms with Gasteiger partial charge in [0, 0.05) is 25.4 Å². The summed E-state index contributed by atoms with van der Waals surface area (Å²) in [5.41, 5.74) is 0. The summed E-state index contributed by atoms with van der Waals surface area (Å²) in [6, 6.07) is 0. The maximum Gasteiger partial charge on any atom is 0.231 e. The minimum atomic E-state index is 0.639. The minimum absolute atomic E-state index is 0.639. The number of aromatic nitrogens is 3. The predicted octanol–water partition coefficient (Wildman–Crippen LogP) is 2.65. The van der Waals surface area contributed by atoms with Crippen molar-refractivity contribution >= 4 is 23.7 Å². The number of rotatable bonds is 6. The van der Waals surface area contributed by atoms with Crippen LogP contribution < -0.4 is 10.2 Å². The Morgan fingerprint density at radius 3 is 2.58 bits per heavy atom. The SMILES string of the molecule is CCNc1nc(SCC(C)C)nc(N2CCCC2)n1. The van der Waals surface area contributed by atoms with Crippen LogP contribution in [0.1, 0.15) is 33.6 Å². The van der Waals surface area contributed by atoms with E-state index in [2.05, 4.69) is 45.9 Å². The fourth-order valence-corrected chi connectivity index (χ4v) is 2.73. The quantitative estimate of drug-likeness (QED) is 0.809. The van der Waals surface area contributed by atoms with E-state index >= 15 is 0 Å². The van der Waals surface area contributed by atoms with Gasteiger partial charge in [0.25, 0.3) is 0 Å². The van der Waals surface area contributed by atoms with E-state index in [0.29, 0.717) is 11.9 Å². The van der Waals surface area contributed by atoms with E-state index in [-0.39, 0.29) is 0 Å². The molecule has 1 fully saturated rings. The van der Waals surface area contributed by atoms with Crippen LogP contribution in [-0.2, 0) is 0 Å². The Morgan fingerprint density at radius 2 is 1.95 bits per heavy atom.